The maximum absolute atomic E-state index is 5.99. The van der Waals surface area contributed by atoms with Crippen LogP contribution in [0, 0.1) is 17.8 Å². The molecule has 0 spiro atoms. The van der Waals surface area contributed by atoms with E-state index in [0.717, 1.165) is 17.8 Å². The van der Waals surface area contributed by atoms with Crippen molar-refractivity contribution in [2.75, 3.05) is 7.11 Å². The number of hydrogen-bond donors (Lipinski definition) is 0. The second-order valence-corrected chi connectivity index (χ2v) is 11.0. The molecule has 15 heavy (non-hydrogen) atoms. The molecule has 4 unspecified atom stereocenters. The lowest BCUT2D eigenvalue weighted by Gasteiger charge is -2.45. The zero-order valence-electron chi connectivity index (χ0n) is 10.4. The summed E-state index contributed by atoms with van der Waals surface area (Å²) in [5.41, 5.74) is 0. The minimum Gasteiger partial charge on any atom is -0.420 e. The van der Waals surface area contributed by atoms with Crippen molar-refractivity contribution in [2.24, 2.45) is 17.8 Å². The van der Waals surface area contributed by atoms with Gasteiger partial charge in [-0.2, -0.15) is 0 Å². The molecule has 0 aliphatic heterocycles. The monoisotopic (exact) mass is 224 g/mol. The van der Waals surface area contributed by atoms with Gasteiger partial charge in [0.05, 0.1) is 0 Å². The molecule has 0 heterocycles. The van der Waals surface area contributed by atoms with E-state index in [2.05, 4.69) is 13.1 Å². The summed E-state index contributed by atoms with van der Waals surface area (Å²) in [6.07, 6.45) is 9.08. The van der Waals surface area contributed by atoms with Gasteiger partial charge in [-0.05, 0) is 68.0 Å². The molecule has 3 aliphatic rings. The third-order valence-corrected chi connectivity index (χ3v) is 10.4. The molecule has 0 aromatic carbocycles. The summed E-state index contributed by atoms with van der Waals surface area (Å²) in [5.74, 6) is 3.23. The van der Waals surface area contributed by atoms with E-state index < -0.39 is 8.32 Å². The van der Waals surface area contributed by atoms with Gasteiger partial charge in [0.2, 0.25) is 0 Å². The van der Waals surface area contributed by atoms with E-state index >= 15 is 0 Å². The Kier molecular flexibility index (Phi) is 2.14. The Morgan fingerprint density at radius 2 is 2.00 bits per heavy atom. The molecule has 0 aromatic rings. The second-order valence-electron chi connectivity index (χ2n) is 6.57. The lowest BCUT2D eigenvalue weighted by molar-refractivity contribution is 0.238. The molecule has 2 bridgehead atoms. The van der Waals surface area contributed by atoms with Gasteiger partial charge in [-0.1, -0.05) is 6.42 Å². The van der Waals surface area contributed by atoms with Crippen LogP contribution in [0.4, 0.5) is 0 Å². The highest BCUT2D eigenvalue weighted by Gasteiger charge is 2.65. The van der Waals surface area contributed by atoms with Crippen molar-refractivity contribution in [1.82, 2.24) is 0 Å². The molecule has 3 rings (SSSR count). The van der Waals surface area contributed by atoms with Crippen molar-refractivity contribution in [3.8, 4) is 0 Å². The molecule has 3 fully saturated rings. The van der Waals surface area contributed by atoms with E-state index in [0.29, 0.717) is 5.04 Å². The summed E-state index contributed by atoms with van der Waals surface area (Å²) in [6.45, 7) is 4.94. The van der Waals surface area contributed by atoms with Crippen LogP contribution in [0.3, 0.4) is 0 Å². The molecule has 2 heteroatoms. The third-order valence-electron chi connectivity index (χ3n) is 6.18. The minimum atomic E-state index is -1.44. The van der Waals surface area contributed by atoms with Crippen LogP contribution in [0.25, 0.3) is 0 Å². The van der Waals surface area contributed by atoms with Gasteiger partial charge in [0.15, 0.2) is 8.32 Å². The van der Waals surface area contributed by atoms with E-state index in [9.17, 15) is 0 Å². The Labute approximate surface area is 94.7 Å². The van der Waals surface area contributed by atoms with E-state index in [4.69, 9.17) is 4.43 Å². The fourth-order valence-electron chi connectivity index (χ4n) is 5.25. The van der Waals surface area contributed by atoms with Gasteiger partial charge < -0.3 is 4.43 Å². The normalized spacial score (nSPS) is 48.6. The Balaban J connectivity index is 1.97. The molecule has 1 nitrogen and oxygen atoms in total. The van der Waals surface area contributed by atoms with Crippen LogP contribution in [0.2, 0.25) is 18.1 Å². The van der Waals surface area contributed by atoms with Crippen LogP contribution >= 0.6 is 0 Å². The standard InChI is InChI=1S/C13H24OSi/c1-14-15(2,3)13-8-7-10(9-13)11-5-4-6-12(11)13/h10-12H,4-9H2,1-3H3. The van der Waals surface area contributed by atoms with Crippen molar-refractivity contribution in [1.29, 1.82) is 0 Å². The van der Waals surface area contributed by atoms with Gasteiger partial charge in [0.25, 0.3) is 0 Å². The van der Waals surface area contributed by atoms with Crippen LogP contribution in [-0.4, -0.2) is 15.4 Å². The van der Waals surface area contributed by atoms with Gasteiger partial charge in [0.1, 0.15) is 0 Å². The van der Waals surface area contributed by atoms with E-state index in [1.165, 1.54) is 38.5 Å². The first-order valence-corrected chi connectivity index (χ1v) is 9.57. The van der Waals surface area contributed by atoms with Crippen molar-refractivity contribution < 1.29 is 4.43 Å². The van der Waals surface area contributed by atoms with Gasteiger partial charge in [0, 0.05) is 7.11 Å². The van der Waals surface area contributed by atoms with Crippen molar-refractivity contribution in [2.45, 2.75) is 56.7 Å². The first-order chi connectivity index (χ1) is 7.11. The van der Waals surface area contributed by atoms with Crippen molar-refractivity contribution in [3.05, 3.63) is 0 Å². The maximum Gasteiger partial charge on any atom is 0.192 e. The zero-order valence-corrected chi connectivity index (χ0v) is 11.4. The second kappa shape index (κ2) is 3.10. The molecule has 86 valence electrons. The SMILES string of the molecule is CO[Si](C)(C)C12CCC(C1)C1CCCC12. The first kappa shape index (κ1) is 10.3. The van der Waals surface area contributed by atoms with Gasteiger partial charge in [-0.15, -0.1) is 0 Å². The van der Waals surface area contributed by atoms with Crippen LogP contribution < -0.4 is 0 Å². The van der Waals surface area contributed by atoms with Gasteiger partial charge >= 0.3 is 0 Å². The highest BCUT2D eigenvalue weighted by atomic mass is 28.4. The summed E-state index contributed by atoms with van der Waals surface area (Å²) in [4.78, 5) is 0. The average Bonchev–Trinajstić information content (AvgIpc) is 2.89. The Morgan fingerprint density at radius 3 is 2.73 bits per heavy atom. The van der Waals surface area contributed by atoms with Gasteiger partial charge in [-0.3, -0.25) is 0 Å². The van der Waals surface area contributed by atoms with Crippen molar-refractivity contribution >= 4 is 8.32 Å². The highest BCUT2D eigenvalue weighted by molar-refractivity contribution is 6.74. The summed E-state index contributed by atoms with van der Waals surface area (Å²) < 4.78 is 5.99. The van der Waals surface area contributed by atoms with E-state index in [-0.39, 0.29) is 0 Å². The third kappa shape index (κ3) is 1.13. The largest absolute Gasteiger partial charge is 0.420 e. The number of rotatable bonds is 2. The van der Waals surface area contributed by atoms with Crippen LogP contribution in [-0.2, 0) is 4.43 Å². The van der Waals surface area contributed by atoms with Crippen LogP contribution in [0.5, 0.6) is 0 Å². The average molecular weight is 224 g/mol. The highest BCUT2D eigenvalue weighted by Crippen LogP contribution is 2.73. The Bertz CT molecular complexity index is 276. The number of fused-ring (bicyclic) bond motifs is 5. The maximum atomic E-state index is 5.99. The molecule has 0 saturated heterocycles. The fraction of sp³-hybridized carbons (Fsp3) is 1.00. The smallest absolute Gasteiger partial charge is 0.192 e. The van der Waals surface area contributed by atoms with E-state index in [1.54, 1.807) is 0 Å². The van der Waals surface area contributed by atoms with Gasteiger partial charge in [-0.25, -0.2) is 0 Å². The Hall–Kier alpha value is 0.177. The molecule has 0 radical (unpaired) electrons. The van der Waals surface area contributed by atoms with E-state index in [1.807, 2.05) is 7.11 Å². The first-order valence-electron chi connectivity index (χ1n) is 6.66. The quantitative estimate of drug-likeness (QED) is 0.648. The fourth-order valence-corrected chi connectivity index (χ4v) is 8.41. The number of hydrogen-bond acceptors (Lipinski definition) is 1. The molecule has 0 amide bonds. The molecule has 0 N–H and O–H groups in total. The molecule has 0 aromatic heterocycles. The lowest BCUT2D eigenvalue weighted by Crippen LogP contribution is -2.46. The summed E-state index contributed by atoms with van der Waals surface area (Å²) in [5, 5.41) is 0.674. The molecule has 4 atom stereocenters. The Morgan fingerprint density at radius 1 is 1.20 bits per heavy atom. The lowest BCUT2D eigenvalue weighted by atomic mass is 9.81. The van der Waals surface area contributed by atoms with Crippen LogP contribution in [0.15, 0.2) is 0 Å². The summed E-state index contributed by atoms with van der Waals surface area (Å²) in [6, 6.07) is 0. The zero-order chi connectivity index (χ0) is 10.7. The summed E-state index contributed by atoms with van der Waals surface area (Å²) in [7, 11) is 0.530. The molecular weight excluding hydrogens is 200 g/mol. The minimum absolute atomic E-state index is 0.674. The predicted octanol–water partition coefficient (Wildman–Crippen LogP) is 3.81. The van der Waals surface area contributed by atoms with Crippen LogP contribution in [0.1, 0.15) is 38.5 Å². The van der Waals surface area contributed by atoms with Crippen molar-refractivity contribution in [3.63, 3.8) is 0 Å². The predicted molar refractivity (Wildman–Crippen MR) is 65.4 cm³/mol. The summed E-state index contributed by atoms with van der Waals surface area (Å²) >= 11 is 0. The molecule has 3 aliphatic carbocycles. The topological polar surface area (TPSA) is 9.23 Å². The molecular formula is C13H24OSi. The molecule has 3 saturated carbocycles.